The fourth-order valence-corrected chi connectivity index (χ4v) is 2.19. The van der Waals surface area contributed by atoms with Crippen LogP contribution in [0.5, 0.6) is 5.75 Å². The van der Waals surface area contributed by atoms with Crippen molar-refractivity contribution < 1.29 is 9.53 Å². The van der Waals surface area contributed by atoms with Gasteiger partial charge in [0.05, 0.1) is 30.3 Å². The summed E-state index contributed by atoms with van der Waals surface area (Å²) >= 11 is 5.99. The van der Waals surface area contributed by atoms with Gasteiger partial charge < -0.3 is 10.2 Å². The van der Waals surface area contributed by atoms with Gasteiger partial charge in [-0.15, -0.1) is 0 Å². The number of anilines is 2. The van der Waals surface area contributed by atoms with Crippen molar-refractivity contribution >= 4 is 29.0 Å². The first-order valence-electron chi connectivity index (χ1n) is 6.17. The van der Waals surface area contributed by atoms with Gasteiger partial charge in [0, 0.05) is 5.02 Å². The van der Waals surface area contributed by atoms with Gasteiger partial charge in [-0.2, -0.15) is 0 Å². The third-order valence-electron chi connectivity index (χ3n) is 3.04. The van der Waals surface area contributed by atoms with Gasteiger partial charge in [-0.25, -0.2) is 10.8 Å². The molecule has 0 bridgehead atoms. The van der Waals surface area contributed by atoms with Crippen molar-refractivity contribution in [2.75, 3.05) is 16.9 Å². The van der Waals surface area contributed by atoms with E-state index in [0.717, 1.165) is 0 Å². The lowest BCUT2D eigenvalue weighted by molar-refractivity contribution is -0.121. The molecule has 1 aliphatic heterocycles. The molecule has 0 unspecified atom stereocenters. The lowest BCUT2D eigenvalue weighted by Gasteiger charge is -2.29. The standard InChI is InChI=1S/C13H12ClN5O2/c14-8-1-2-11-10(3-8)19(13(20)7-21-11)6-9-4-17-12(18-15)5-16-9/h1-5H,6-7,15H2,(H,17,18). The van der Waals surface area contributed by atoms with E-state index in [-0.39, 0.29) is 19.1 Å². The molecule has 2 aromatic rings. The first-order valence-corrected chi connectivity index (χ1v) is 6.55. The van der Waals surface area contributed by atoms with Crippen molar-refractivity contribution in [1.82, 2.24) is 9.97 Å². The molecule has 0 fully saturated rings. The Kier molecular flexibility index (Phi) is 3.59. The van der Waals surface area contributed by atoms with E-state index in [4.69, 9.17) is 22.2 Å². The number of aromatic nitrogens is 2. The number of nitrogens with one attached hydrogen (secondary N) is 1. The lowest BCUT2D eigenvalue weighted by Crippen LogP contribution is -2.38. The lowest BCUT2D eigenvalue weighted by atomic mass is 10.2. The predicted octanol–water partition coefficient (Wildman–Crippen LogP) is 1.34. The topological polar surface area (TPSA) is 93.4 Å². The van der Waals surface area contributed by atoms with Gasteiger partial charge in [0.1, 0.15) is 5.75 Å². The Morgan fingerprint density at radius 3 is 2.95 bits per heavy atom. The fraction of sp³-hybridized carbons (Fsp3) is 0.154. The van der Waals surface area contributed by atoms with E-state index in [1.54, 1.807) is 29.3 Å². The van der Waals surface area contributed by atoms with Crippen LogP contribution in [0.25, 0.3) is 0 Å². The highest BCUT2D eigenvalue weighted by Gasteiger charge is 2.26. The minimum atomic E-state index is -0.160. The molecule has 3 N–H and O–H groups in total. The minimum absolute atomic E-state index is 0.00942. The molecule has 7 nitrogen and oxygen atoms in total. The van der Waals surface area contributed by atoms with Crippen LogP contribution < -0.4 is 20.9 Å². The molecular weight excluding hydrogens is 294 g/mol. The summed E-state index contributed by atoms with van der Waals surface area (Å²) < 4.78 is 5.38. The van der Waals surface area contributed by atoms with E-state index >= 15 is 0 Å². The maximum Gasteiger partial charge on any atom is 0.265 e. The number of fused-ring (bicyclic) bond motifs is 1. The monoisotopic (exact) mass is 305 g/mol. The number of nitrogens with two attached hydrogens (primary N) is 1. The van der Waals surface area contributed by atoms with Crippen molar-refractivity contribution in [2.24, 2.45) is 5.84 Å². The molecule has 0 spiro atoms. The zero-order chi connectivity index (χ0) is 14.8. The van der Waals surface area contributed by atoms with Gasteiger partial charge >= 0.3 is 0 Å². The van der Waals surface area contributed by atoms with E-state index in [0.29, 0.717) is 28.0 Å². The van der Waals surface area contributed by atoms with Gasteiger partial charge in [0.15, 0.2) is 12.4 Å². The largest absolute Gasteiger partial charge is 0.482 e. The Morgan fingerprint density at radius 1 is 1.38 bits per heavy atom. The van der Waals surface area contributed by atoms with Crippen molar-refractivity contribution in [2.45, 2.75) is 6.54 Å². The minimum Gasteiger partial charge on any atom is -0.482 e. The summed E-state index contributed by atoms with van der Waals surface area (Å²) in [5, 5.41) is 0.533. The molecule has 1 aromatic carbocycles. The number of ether oxygens (including phenoxy) is 1. The summed E-state index contributed by atoms with van der Waals surface area (Å²) in [7, 11) is 0. The number of halogens is 1. The molecule has 1 amide bonds. The third kappa shape index (κ3) is 2.74. The van der Waals surface area contributed by atoms with Gasteiger partial charge in [-0.3, -0.25) is 14.7 Å². The number of benzene rings is 1. The van der Waals surface area contributed by atoms with Crippen molar-refractivity contribution in [3.05, 3.63) is 41.3 Å². The van der Waals surface area contributed by atoms with Crippen LogP contribution in [0.1, 0.15) is 5.69 Å². The Balaban J connectivity index is 1.90. The van der Waals surface area contributed by atoms with Crippen molar-refractivity contribution in [3.63, 3.8) is 0 Å². The second kappa shape index (κ2) is 5.55. The number of rotatable bonds is 3. The number of hydrogen-bond donors (Lipinski definition) is 2. The number of carbonyl (C=O) groups excluding carboxylic acids is 1. The van der Waals surface area contributed by atoms with Crippen LogP contribution in [-0.4, -0.2) is 22.5 Å². The van der Waals surface area contributed by atoms with Crippen LogP contribution in [0.2, 0.25) is 5.02 Å². The fourth-order valence-electron chi connectivity index (χ4n) is 2.02. The Bertz CT molecular complexity index is 677. The number of hydrogen-bond acceptors (Lipinski definition) is 6. The molecule has 8 heteroatoms. The normalized spacial score (nSPS) is 13.6. The average molecular weight is 306 g/mol. The number of nitrogens with zero attached hydrogens (tertiary/aromatic N) is 3. The smallest absolute Gasteiger partial charge is 0.265 e. The van der Waals surface area contributed by atoms with E-state index in [1.807, 2.05) is 0 Å². The summed E-state index contributed by atoms with van der Waals surface area (Å²) in [6.45, 7) is 0.276. The highest BCUT2D eigenvalue weighted by molar-refractivity contribution is 6.31. The van der Waals surface area contributed by atoms with Crippen LogP contribution in [0.4, 0.5) is 11.5 Å². The van der Waals surface area contributed by atoms with Gasteiger partial charge in [-0.1, -0.05) is 11.6 Å². The van der Waals surface area contributed by atoms with Crippen LogP contribution in [0, 0.1) is 0 Å². The zero-order valence-corrected chi connectivity index (χ0v) is 11.7. The summed E-state index contributed by atoms with van der Waals surface area (Å²) in [6.07, 6.45) is 3.06. The van der Waals surface area contributed by atoms with Gasteiger partial charge in [0.25, 0.3) is 5.91 Å². The maximum absolute atomic E-state index is 12.1. The quantitative estimate of drug-likeness (QED) is 0.656. The molecule has 0 saturated carbocycles. The molecule has 21 heavy (non-hydrogen) atoms. The Hall–Kier alpha value is -2.38. The molecule has 0 aliphatic carbocycles. The van der Waals surface area contributed by atoms with E-state index < -0.39 is 0 Å². The molecule has 3 rings (SSSR count). The number of carbonyl (C=O) groups is 1. The number of amides is 1. The SMILES string of the molecule is NNc1cnc(CN2C(=O)COc3ccc(Cl)cc32)cn1. The van der Waals surface area contributed by atoms with E-state index in [9.17, 15) is 4.79 Å². The highest BCUT2D eigenvalue weighted by atomic mass is 35.5. The Labute approximate surface area is 125 Å². The van der Waals surface area contributed by atoms with Crippen LogP contribution in [-0.2, 0) is 11.3 Å². The zero-order valence-electron chi connectivity index (χ0n) is 10.9. The summed E-state index contributed by atoms with van der Waals surface area (Å²) in [5.74, 6) is 6.15. The molecule has 2 heterocycles. The second-order valence-electron chi connectivity index (χ2n) is 4.42. The van der Waals surface area contributed by atoms with Crippen molar-refractivity contribution in [1.29, 1.82) is 0 Å². The molecule has 1 aliphatic rings. The van der Waals surface area contributed by atoms with Gasteiger partial charge in [0.2, 0.25) is 0 Å². The first-order chi connectivity index (χ1) is 10.2. The van der Waals surface area contributed by atoms with E-state index in [1.165, 1.54) is 6.20 Å². The third-order valence-corrected chi connectivity index (χ3v) is 3.27. The van der Waals surface area contributed by atoms with E-state index in [2.05, 4.69) is 15.4 Å². The van der Waals surface area contributed by atoms with Crippen LogP contribution in [0.3, 0.4) is 0 Å². The number of hydrazine groups is 1. The molecule has 1 aromatic heterocycles. The van der Waals surface area contributed by atoms with Crippen LogP contribution >= 0.6 is 11.6 Å². The molecule has 0 saturated heterocycles. The van der Waals surface area contributed by atoms with Gasteiger partial charge in [-0.05, 0) is 18.2 Å². The summed E-state index contributed by atoms with van der Waals surface area (Å²) in [6, 6.07) is 5.15. The molecule has 108 valence electrons. The second-order valence-corrected chi connectivity index (χ2v) is 4.85. The molecule has 0 atom stereocenters. The molecule has 0 radical (unpaired) electrons. The summed E-state index contributed by atoms with van der Waals surface area (Å²) in [4.78, 5) is 21.9. The maximum atomic E-state index is 12.1. The number of nitrogen functional groups attached to an aromatic ring is 1. The summed E-state index contributed by atoms with van der Waals surface area (Å²) in [5.41, 5.74) is 3.66. The Morgan fingerprint density at radius 2 is 2.24 bits per heavy atom. The molecular formula is C13H12ClN5O2. The van der Waals surface area contributed by atoms with Crippen molar-refractivity contribution in [3.8, 4) is 5.75 Å². The highest BCUT2D eigenvalue weighted by Crippen LogP contribution is 2.35. The first kappa shape index (κ1) is 13.6. The van der Waals surface area contributed by atoms with Crippen LogP contribution in [0.15, 0.2) is 30.6 Å². The average Bonchev–Trinajstić information content (AvgIpc) is 2.51. The predicted molar refractivity (Wildman–Crippen MR) is 78.0 cm³/mol.